The largest absolute Gasteiger partial charge is 0.355 e. The Balaban J connectivity index is 1.86. The zero-order chi connectivity index (χ0) is 14.8. The van der Waals surface area contributed by atoms with E-state index < -0.39 is 15.8 Å². The number of nitrogens with one attached hydrogen (secondary N) is 2. The zero-order valence-corrected chi connectivity index (χ0v) is 12.9. The summed E-state index contributed by atoms with van der Waals surface area (Å²) in [5, 5.41) is 2.64. The Morgan fingerprint density at radius 1 is 1.35 bits per heavy atom. The lowest BCUT2D eigenvalue weighted by atomic mass is 10.3. The second kappa shape index (κ2) is 6.19. The van der Waals surface area contributed by atoms with Crippen molar-refractivity contribution in [1.29, 1.82) is 0 Å². The molecule has 110 valence electrons. The van der Waals surface area contributed by atoms with Crippen LogP contribution in [0.5, 0.6) is 0 Å². The van der Waals surface area contributed by atoms with Crippen LogP contribution in [0.4, 0.5) is 4.39 Å². The minimum absolute atomic E-state index is 0.0427. The summed E-state index contributed by atoms with van der Waals surface area (Å²) in [7, 11) is -3.76. The van der Waals surface area contributed by atoms with Gasteiger partial charge in [-0.3, -0.25) is 4.79 Å². The van der Waals surface area contributed by atoms with Crippen LogP contribution in [0.2, 0.25) is 0 Å². The molecule has 0 aromatic heterocycles. The average molecular weight is 365 g/mol. The summed E-state index contributed by atoms with van der Waals surface area (Å²) in [5.41, 5.74) is 0. The van der Waals surface area contributed by atoms with Gasteiger partial charge in [-0.05, 0) is 47.0 Å². The van der Waals surface area contributed by atoms with Crippen LogP contribution in [0.15, 0.2) is 27.6 Å². The number of amides is 1. The van der Waals surface area contributed by atoms with E-state index in [0.717, 1.165) is 18.9 Å². The van der Waals surface area contributed by atoms with Crippen LogP contribution in [0.25, 0.3) is 0 Å². The fourth-order valence-electron chi connectivity index (χ4n) is 1.59. The molecule has 0 radical (unpaired) electrons. The molecular weight excluding hydrogens is 351 g/mol. The first-order chi connectivity index (χ1) is 9.40. The molecule has 1 amide bonds. The van der Waals surface area contributed by atoms with Crippen LogP contribution in [0.3, 0.4) is 0 Å². The topological polar surface area (TPSA) is 75.3 Å². The van der Waals surface area contributed by atoms with Gasteiger partial charge >= 0.3 is 0 Å². The molecule has 1 aromatic carbocycles. The predicted octanol–water partition coefficient (Wildman–Crippen LogP) is 1.39. The number of hydrogen-bond donors (Lipinski definition) is 2. The van der Waals surface area contributed by atoms with Gasteiger partial charge in [0.25, 0.3) is 0 Å². The third-order valence-electron chi connectivity index (χ3n) is 2.87. The number of sulfonamides is 1. The number of halogens is 2. The van der Waals surface area contributed by atoms with Crippen molar-refractivity contribution in [1.82, 2.24) is 10.0 Å². The smallest absolute Gasteiger partial charge is 0.240 e. The maximum atomic E-state index is 13.3. The van der Waals surface area contributed by atoms with Gasteiger partial charge < -0.3 is 5.32 Å². The molecular formula is C12H14BrFN2O3S. The van der Waals surface area contributed by atoms with E-state index in [1.807, 2.05) is 0 Å². The quantitative estimate of drug-likeness (QED) is 0.749. The normalized spacial score (nSPS) is 15.1. The first kappa shape index (κ1) is 15.4. The van der Waals surface area contributed by atoms with Gasteiger partial charge in [0, 0.05) is 19.0 Å². The molecule has 0 atom stereocenters. The highest BCUT2D eigenvalue weighted by Gasteiger charge is 2.29. The standard InChI is InChI=1S/C12H14BrFN2O3S/c13-10-4-3-9(7-11(10)14)20(18,19)16-6-5-15-12(17)8-1-2-8/h3-4,7-8,16H,1-2,5-6H2,(H,15,17). The van der Waals surface area contributed by atoms with Crippen LogP contribution in [-0.4, -0.2) is 27.4 Å². The Bertz CT molecular complexity index is 617. The number of carbonyl (C=O) groups excluding carboxylic acids is 1. The fraction of sp³-hybridized carbons (Fsp3) is 0.417. The Morgan fingerprint density at radius 2 is 2.05 bits per heavy atom. The molecule has 1 saturated carbocycles. The summed E-state index contributed by atoms with van der Waals surface area (Å²) in [5.74, 6) is -0.596. The molecule has 0 saturated heterocycles. The van der Waals surface area contributed by atoms with Gasteiger partial charge in [0.2, 0.25) is 15.9 Å². The number of hydrogen-bond acceptors (Lipinski definition) is 3. The first-order valence-electron chi connectivity index (χ1n) is 6.12. The summed E-state index contributed by atoms with van der Waals surface area (Å²) < 4.78 is 39.6. The molecule has 8 heteroatoms. The van der Waals surface area contributed by atoms with Crippen molar-refractivity contribution >= 4 is 31.9 Å². The van der Waals surface area contributed by atoms with E-state index >= 15 is 0 Å². The molecule has 1 aliphatic rings. The lowest BCUT2D eigenvalue weighted by Crippen LogP contribution is -2.35. The van der Waals surface area contributed by atoms with Crippen LogP contribution in [0, 0.1) is 11.7 Å². The highest BCUT2D eigenvalue weighted by atomic mass is 79.9. The van der Waals surface area contributed by atoms with E-state index in [4.69, 9.17) is 0 Å². The Morgan fingerprint density at radius 3 is 2.65 bits per heavy atom. The van der Waals surface area contributed by atoms with E-state index in [-0.39, 0.29) is 34.3 Å². The van der Waals surface area contributed by atoms with E-state index in [1.165, 1.54) is 12.1 Å². The summed E-state index contributed by atoms with van der Waals surface area (Å²) in [6.07, 6.45) is 1.80. The number of benzene rings is 1. The summed E-state index contributed by atoms with van der Waals surface area (Å²) in [6, 6.07) is 3.58. The van der Waals surface area contributed by atoms with E-state index in [1.54, 1.807) is 0 Å². The van der Waals surface area contributed by atoms with E-state index in [2.05, 4.69) is 26.0 Å². The van der Waals surface area contributed by atoms with Gasteiger partial charge in [-0.2, -0.15) is 0 Å². The Hall–Kier alpha value is -0.990. The van der Waals surface area contributed by atoms with Gasteiger partial charge in [0.15, 0.2) is 0 Å². The molecule has 0 unspecified atom stereocenters. The Labute approximate surface area is 125 Å². The highest BCUT2D eigenvalue weighted by Crippen LogP contribution is 2.28. The van der Waals surface area contributed by atoms with Gasteiger partial charge in [0.05, 0.1) is 9.37 Å². The molecule has 2 rings (SSSR count). The van der Waals surface area contributed by atoms with Gasteiger partial charge in [-0.15, -0.1) is 0 Å². The SMILES string of the molecule is O=C(NCCNS(=O)(=O)c1ccc(Br)c(F)c1)C1CC1. The molecule has 0 spiro atoms. The minimum atomic E-state index is -3.76. The van der Waals surface area contributed by atoms with Crippen LogP contribution in [-0.2, 0) is 14.8 Å². The molecule has 0 aliphatic heterocycles. The van der Waals surface area contributed by atoms with Crippen molar-refractivity contribution in [2.24, 2.45) is 5.92 Å². The van der Waals surface area contributed by atoms with Crippen molar-refractivity contribution in [2.75, 3.05) is 13.1 Å². The number of carbonyl (C=O) groups is 1. The second-order valence-corrected chi connectivity index (χ2v) is 7.16. The van der Waals surface area contributed by atoms with Gasteiger partial charge in [0.1, 0.15) is 5.82 Å². The van der Waals surface area contributed by atoms with Crippen LogP contribution in [0.1, 0.15) is 12.8 Å². The third kappa shape index (κ3) is 4.00. The average Bonchev–Trinajstić information content (AvgIpc) is 3.22. The molecule has 1 fully saturated rings. The van der Waals surface area contributed by atoms with Gasteiger partial charge in [-0.1, -0.05) is 0 Å². The van der Waals surface area contributed by atoms with E-state index in [9.17, 15) is 17.6 Å². The number of rotatable bonds is 6. The Kier molecular flexibility index (Phi) is 4.77. The minimum Gasteiger partial charge on any atom is -0.355 e. The van der Waals surface area contributed by atoms with Crippen molar-refractivity contribution in [2.45, 2.75) is 17.7 Å². The zero-order valence-electron chi connectivity index (χ0n) is 10.5. The summed E-state index contributed by atoms with van der Waals surface area (Å²) >= 11 is 2.96. The van der Waals surface area contributed by atoms with Crippen molar-refractivity contribution in [3.63, 3.8) is 0 Å². The summed E-state index contributed by atoms with van der Waals surface area (Å²) in [6.45, 7) is 0.284. The molecule has 1 aliphatic carbocycles. The second-order valence-electron chi connectivity index (χ2n) is 4.54. The maximum Gasteiger partial charge on any atom is 0.240 e. The molecule has 0 bridgehead atoms. The fourth-order valence-corrected chi connectivity index (χ4v) is 2.88. The molecule has 2 N–H and O–H groups in total. The maximum absolute atomic E-state index is 13.3. The molecule has 5 nitrogen and oxygen atoms in total. The molecule has 20 heavy (non-hydrogen) atoms. The van der Waals surface area contributed by atoms with Crippen LogP contribution < -0.4 is 10.0 Å². The van der Waals surface area contributed by atoms with E-state index in [0.29, 0.717) is 0 Å². The monoisotopic (exact) mass is 364 g/mol. The first-order valence-corrected chi connectivity index (χ1v) is 8.40. The summed E-state index contributed by atoms with van der Waals surface area (Å²) in [4.78, 5) is 11.2. The predicted molar refractivity (Wildman–Crippen MR) is 75.0 cm³/mol. The molecule has 0 heterocycles. The van der Waals surface area contributed by atoms with Gasteiger partial charge in [-0.25, -0.2) is 17.5 Å². The van der Waals surface area contributed by atoms with Crippen molar-refractivity contribution < 1.29 is 17.6 Å². The lowest BCUT2D eigenvalue weighted by Gasteiger charge is -2.08. The lowest BCUT2D eigenvalue weighted by molar-refractivity contribution is -0.122. The third-order valence-corrected chi connectivity index (χ3v) is 4.97. The van der Waals surface area contributed by atoms with Crippen LogP contribution >= 0.6 is 15.9 Å². The van der Waals surface area contributed by atoms with Crippen molar-refractivity contribution in [3.8, 4) is 0 Å². The highest BCUT2D eigenvalue weighted by molar-refractivity contribution is 9.10. The molecule has 1 aromatic rings. The van der Waals surface area contributed by atoms with Crippen molar-refractivity contribution in [3.05, 3.63) is 28.5 Å².